The first-order valence-electron chi connectivity index (χ1n) is 9.81. The average molecular weight is 508 g/mol. The van der Waals surface area contributed by atoms with E-state index < -0.39 is 50.2 Å². The summed E-state index contributed by atoms with van der Waals surface area (Å²) < 4.78 is 70.5. The first-order chi connectivity index (χ1) is 15.5. The Morgan fingerprint density at radius 2 is 1.91 bits per heavy atom. The minimum atomic E-state index is -4.88. The van der Waals surface area contributed by atoms with Crippen LogP contribution in [0.5, 0.6) is 5.75 Å². The van der Waals surface area contributed by atoms with Crippen LogP contribution in [-0.4, -0.2) is 39.6 Å². The molecule has 0 bridgehead atoms. The number of anilines is 1. The lowest BCUT2D eigenvalue weighted by atomic mass is 10.1. The molecule has 1 heterocycles. The molecule has 13 heteroatoms. The van der Waals surface area contributed by atoms with Gasteiger partial charge in [0.25, 0.3) is 0 Å². The molecule has 0 aliphatic carbocycles. The van der Waals surface area contributed by atoms with Crippen LogP contribution in [0.3, 0.4) is 0 Å². The number of carbonyl (C=O) groups excluding carboxylic acids is 2. The van der Waals surface area contributed by atoms with E-state index in [4.69, 9.17) is 16.3 Å². The Hall–Kier alpha value is -2.70. The maximum absolute atomic E-state index is 13.4. The van der Waals surface area contributed by atoms with Crippen LogP contribution in [0.4, 0.5) is 27.6 Å². The molecule has 178 valence electrons. The molecule has 0 spiro atoms. The van der Waals surface area contributed by atoms with Gasteiger partial charge >= 0.3 is 6.18 Å². The van der Waals surface area contributed by atoms with Crippen LogP contribution in [0.1, 0.15) is 12.0 Å². The molecule has 6 nitrogen and oxygen atoms in total. The fourth-order valence-electron chi connectivity index (χ4n) is 3.24. The van der Waals surface area contributed by atoms with Crippen LogP contribution < -0.4 is 20.4 Å². The van der Waals surface area contributed by atoms with Gasteiger partial charge in [0.2, 0.25) is 11.8 Å². The normalized spacial score (nSPS) is 18.5. The molecule has 3 rings (SSSR count). The molecular weight excluding hydrogens is 489 g/mol. The largest absolute Gasteiger partial charge is 0.484 e. The summed E-state index contributed by atoms with van der Waals surface area (Å²) in [5, 5.41) is 5.26. The van der Waals surface area contributed by atoms with E-state index >= 15 is 0 Å². The van der Waals surface area contributed by atoms with Gasteiger partial charge in [-0.05, 0) is 42.8 Å². The van der Waals surface area contributed by atoms with Gasteiger partial charge in [0.15, 0.2) is 15.6 Å². The molecule has 3 N–H and O–H groups in total. The summed E-state index contributed by atoms with van der Waals surface area (Å²) in [6.07, 6.45) is -4.15. The summed E-state index contributed by atoms with van der Waals surface area (Å²) in [6, 6.07) is 5.94. The van der Waals surface area contributed by atoms with E-state index in [0.29, 0.717) is 30.8 Å². The summed E-state index contributed by atoms with van der Waals surface area (Å²) in [4.78, 5) is 27.3. The molecule has 1 aliphatic rings. The summed E-state index contributed by atoms with van der Waals surface area (Å²) >= 11 is 5.58. The SMILES string of the molecule is O=C(COc1ccc(Cl)c(F)c1)N[Si@H]1CC[C@H](C(=O)Nc2ccc(F)c(C(F)(F)F)c2)NC1. The van der Waals surface area contributed by atoms with E-state index in [-0.39, 0.29) is 23.1 Å². The Balaban J connectivity index is 1.45. The third-order valence-corrected chi connectivity index (χ3v) is 7.69. The van der Waals surface area contributed by atoms with Gasteiger partial charge in [-0.2, -0.15) is 13.2 Å². The molecule has 0 radical (unpaired) electrons. The minimum Gasteiger partial charge on any atom is -0.484 e. The smallest absolute Gasteiger partial charge is 0.419 e. The monoisotopic (exact) mass is 507 g/mol. The topological polar surface area (TPSA) is 79.5 Å². The molecule has 2 amide bonds. The first kappa shape index (κ1) is 24.9. The fraction of sp³-hybridized carbons (Fsp3) is 0.300. The van der Waals surface area contributed by atoms with Gasteiger partial charge in [0, 0.05) is 17.9 Å². The number of hydrogen-bond acceptors (Lipinski definition) is 4. The van der Waals surface area contributed by atoms with Gasteiger partial charge in [0.1, 0.15) is 17.4 Å². The summed E-state index contributed by atoms with van der Waals surface area (Å²) in [6.45, 7) is -0.319. The van der Waals surface area contributed by atoms with Crippen molar-refractivity contribution in [3.05, 3.63) is 58.6 Å². The summed E-state index contributed by atoms with van der Waals surface area (Å²) in [5.41, 5.74) is -1.63. The van der Waals surface area contributed by atoms with Crippen molar-refractivity contribution in [3.8, 4) is 5.75 Å². The molecule has 1 fully saturated rings. The average Bonchev–Trinajstić information content (AvgIpc) is 2.75. The highest BCUT2D eigenvalue weighted by molar-refractivity contribution is 6.59. The Morgan fingerprint density at radius 3 is 2.55 bits per heavy atom. The molecule has 0 aromatic heterocycles. The Morgan fingerprint density at radius 1 is 1.15 bits per heavy atom. The quantitative estimate of drug-likeness (QED) is 0.414. The van der Waals surface area contributed by atoms with E-state index in [1.54, 1.807) is 0 Å². The van der Waals surface area contributed by atoms with Gasteiger partial charge in [-0.1, -0.05) is 11.6 Å². The number of alkyl halides is 3. The third-order valence-electron chi connectivity index (χ3n) is 4.90. The van der Waals surface area contributed by atoms with Crippen molar-refractivity contribution in [2.24, 2.45) is 0 Å². The second-order valence-electron chi connectivity index (χ2n) is 7.35. The standard InChI is InChI=1S/C20H19ClF5N3O3Si/c21-14-3-2-12(8-16(14)23)32-9-18(30)29-33-6-5-17(27-10-33)19(31)28-11-1-4-15(22)13(7-11)20(24,25)26/h1-4,7-8,17,27,33H,5-6,9-10H2,(H,28,31)(H,29,30)/t17-,33+/m1/s1. The van der Waals surface area contributed by atoms with E-state index in [0.717, 1.165) is 12.1 Å². The molecule has 2 aromatic rings. The van der Waals surface area contributed by atoms with Crippen LogP contribution in [0.15, 0.2) is 36.4 Å². The number of benzene rings is 2. The maximum atomic E-state index is 13.4. The van der Waals surface area contributed by atoms with Crippen molar-refractivity contribution in [1.82, 2.24) is 10.3 Å². The zero-order chi connectivity index (χ0) is 24.2. The highest BCUT2D eigenvalue weighted by Crippen LogP contribution is 2.33. The molecule has 2 atom stereocenters. The number of amides is 2. The fourth-order valence-corrected chi connectivity index (χ4v) is 5.65. The molecule has 1 aliphatic heterocycles. The van der Waals surface area contributed by atoms with E-state index in [2.05, 4.69) is 15.6 Å². The lowest BCUT2D eigenvalue weighted by Crippen LogP contribution is -2.56. The highest BCUT2D eigenvalue weighted by Gasteiger charge is 2.34. The Bertz CT molecular complexity index is 1030. The molecule has 0 saturated carbocycles. The van der Waals surface area contributed by atoms with Crippen molar-refractivity contribution in [2.45, 2.75) is 24.7 Å². The second-order valence-corrected chi connectivity index (χ2v) is 10.4. The number of rotatable bonds is 6. The van der Waals surface area contributed by atoms with Crippen LogP contribution in [0.25, 0.3) is 0 Å². The van der Waals surface area contributed by atoms with E-state index in [1.165, 1.54) is 12.1 Å². The summed E-state index contributed by atoms with van der Waals surface area (Å²) in [5.74, 6) is -2.88. The van der Waals surface area contributed by atoms with Crippen LogP contribution >= 0.6 is 11.6 Å². The molecule has 1 saturated heterocycles. The first-order valence-corrected chi connectivity index (χ1v) is 12.4. The van der Waals surface area contributed by atoms with Crippen LogP contribution in [0.2, 0.25) is 11.1 Å². The van der Waals surface area contributed by atoms with E-state index in [1.807, 2.05) is 0 Å². The van der Waals surface area contributed by atoms with Gasteiger partial charge < -0.3 is 20.4 Å². The van der Waals surface area contributed by atoms with Gasteiger partial charge in [-0.15, -0.1) is 0 Å². The van der Waals surface area contributed by atoms with Gasteiger partial charge in [-0.25, -0.2) is 8.78 Å². The van der Waals surface area contributed by atoms with Gasteiger partial charge in [-0.3, -0.25) is 9.59 Å². The highest BCUT2D eigenvalue weighted by atomic mass is 35.5. The predicted octanol–water partition coefficient (Wildman–Crippen LogP) is 3.40. The number of halogens is 6. The molecule has 0 unspecified atom stereocenters. The molecule has 33 heavy (non-hydrogen) atoms. The molecular formula is C20H19ClF5N3O3Si. The number of carbonyl (C=O) groups is 2. The lowest BCUT2D eigenvalue weighted by Gasteiger charge is -2.28. The second kappa shape index (κ2) is 10.5. The number of ether oxygens (including phenoxy) is 1. The predicted molar refractivity (Wildman–Crippen MR) is 113 cm³/mol. The van der Waals surface area contributed by atoms with Crippen molar-refractivity contribution in [1.29, 1.82) is 0 Å². The summed E-state index contributed by atoms with van der Waals surface area (Å²) in [7, 11) is -1.79. The third kappa shape index (κ3) is 6.89. The van der Waals surface area contributed by atoms with Crippen molar-refractivity contribution < 1.29 is 36.3 Å². The maximum Gasteiger partial charge on any atom is 0.419 e. The number of nitrogens with one attached hydrogen (secondary N) is 3. The lowest BCUT2D eigenvalue weighted by molar-refractivity contribution is -0.140. The minimum absolute atomic E-state index is 0.0636. The zero-order valence-corrected chi connectivity index (χ0v) is 18.9. The van der Waals surface area contributed by atoms with Crippen LogP contribution in [-0.2, 0) is 15.8 Å². The van der Waals surface area contributed by atoms with Crippen molar-refractivity contribution in [2.75, 3.05) is 18.1 Å². The van der Waals surface area contributed by atoms with Crippen molar-refractivity contribution >= 4 is 38.1 Å². The molecule has 2 aromatic carbocycles. The Labute approximate surface area is 192 Å². The zero-order valence-electron chi connectivity index (χ0n) is 16.9. The van der Waals surface area contributed by atoms with E-state index in [9.17, 15) is 31.5 Å². The van der Waals surface area contributed by atoms with Crippen LogP contribution in [0, 0.1) is 11.6 Å². The Kier molecular flexibility index (Phi) is 7.92. The number of hydrogen-bond donors (Lipinski definition) is 3. The van der Waals surface area contributed by atoms with Gasteiger partial charge in [0.05, 0.1) is 16.6 Å². The van der Waals surface area contributed by atoms with Crippen molar-refractivity contribution in [3.63, 3.8) is 0 Å².